The number of thioether (sulfide) groups is 1. The maximum absolute atomic E-state index is 12.2. The van der Waals surface area contributed by atoms with E-state index in [1.54, 1.807) is 23.9 Å². The Morgan fingerprint density at radius 3 is 2.47 bits per heavy atom. The molecule has 2 aromatic carbocycles. The molecule has 0 amide bonds. The number of aromatic carboxylic acids is 1. The van der Waals surface area contributed by atoms with Crippen LogP contribution < -0.4 is 10.1 Å². The SMILES string of the molecule is CN(C)c1ccc2c(c1)[Si-](C)(CCSCCC(=O)O)C1=C[C](=[Ni])C=CC1=C2c1ccccc1C(=O)O. The Hall–Kier alpha value is -2.67. The third-order valence-electron chi connectivity index (χ3n) is 6.84. The number of allylic oxidation sites excluding steroid dienone is 5. The third-order valence-corrected chi connectivity index (χ3v) is 13.0. The molecule has 0 bridgehead atoms. The molecule has 0 fully saturated rings. The number of hydrogen-bond acceptors (Lipinski definition) is 4. The molecule has 8 heteroatoms. The second-order valence-electron chi connectivity index (χ2n) is 9.34. The molecule has 1 heterocycles. The number of aliphatic carboxylic acids is 1. The van der Waals surface area contributed by atoms with Gasteiger partial charge in [0, 0.05) is 0 Å². The molecule has 0 spiro atoms. The number of carboxylic acid groups (broad SMARTS) is 2. The average molecular weight is 562 g/mol. The fourth-order valence-corrected chi connectivity index (χ4v) is 11.4. The molecule has 191 valence electrons. The molecule has 1 aliphatic heterocycles. The van der Waals surface area contributed by atoms with Crippen LogP contribution in [0, 0.1) is 0 Å². The van der Waals surface area contributed by atoms with Gasteiger partial charge in [-0.25, -0.2) is 0 Å². The van der Waals surface area contributed by atoms with Gasteiger partial charge < -0.3 is 0 Å². The summed E-state index contributed by atoms with van der Waals surface area (Å²) in [7, 11) is 1.73. The van der Waals surface area contributed by atoms with Gasteiger partial charge in [-0.05, 0) is 0 Å². The van der Waals surface area contributed by atoms with Crippen molar-refractivity contribution in [3.05, 3.63) is 88.2 Å². The molecule has 1 aliphatic carbocycles. The minimum atomic E-state index is -2.31. The first-order chi connectivity index (χ1) is 17.1. The van der Waals surface area contributed by atoms with Crippen LogP contribution in [0.15, 0.2) is 71.5 Å². The first-order valence-corrected chi connectivity index (χ1v) is 16.1. The zero-order valence-electron chi connectivity index (χ0n) is 20.5. The van der Waals surface area contributed by atoms with Crippen molar-refractivity contribution in [2.75, 3.05) is 30.5 Å². The van der Waals surface area contributed by atoms with E-state index < -0.39 is 20.0 Å². The van der Waals surface area contributed by atoms with Crippen LogP contribution in [-0.2, 0) is 19.8 Å². The summed E-state index contributed by atoms with van der Waals surface area (Å²) in [4.78, 5) is 25.3. The molecule has 1 atom stereocenters. The second kappa shape index (κ2) is 10.8. The molecule has 0 radical (unpaired) electrons. The Morgan fingerprint density at radius 2 is 1.78 bits per heavy atom. The van der Waals surface area contributed by atoms with Crippen molar-refractivity contribution in [2.24, 2.45) is 0 Å². The van der Waals surface area contributed by atoms with E-state index >= 15 is 0 Å². The summed E-state index contributed by atoms with van der Waals surface area (Å²) in [6.45, 7) is 2.36. The zero-order chi connectivity index (χ0) is 26.0. The van der Waals surface area contributed by atoms with Crippen molar-refractivity contribution in [1.82, 2.24) is 0 Å². The van der Waals surface area contributed by atoms with Gasteiger partial charge in [0.05, 0.1) is 0 Å². The first-order valence-electron chi connectivity index (χ1n) is 11.7. The van der Waals surface area contributed by atoms with Gasteiger partial charge in [0.15, 0.2) is 0 Å². The Balaban J connectivity index is 1.93. The van der Waals surface area contributed by atoms with Crippen LogP contribution in [0.2, 0.25) is 12.6 Å². The summed E-state index contributed by atoms with van der Waals surface area (Å²) in [5.41, 5.74) is 5.15. The number of anilines is 1. The number of carboxylic acids is 2. The van der Waals surface area contributed by atoms with E-state index in [0.717, 1.165) is 38.7 Å². The van der Waals surface area contributed by atoms with Crippen LogP contribution in [0.25, 0.3) is 5.57 Å². The third kappa shape index (κ3) is 5.08. The molecule has 36 heavy (non-hydrogen) atoms. The number of fused-ring (bicyclic) bond motifs is 2. The van der Waals surface area contributed by atoms with Gasteiger partial charge in [0.1, 0.15) is 0 Å². The van der Waals surface area contributed by atoms with E-state index in [1.165, 1.54) is 10.4 Å². The van der Waals surface area contributed by atoms with E-state index in [0.29, 0.717) is 11.3 Å². The van der Waals surface area contributed by atoms with E-state index in [4.69, 9.17) is 20.1 Å². The number of carbonyl (C=O) groups is 2. The average Bonchev–Trinajstić information content (AvgIpc) is 2.84. The second-order valence-corrected chi connectivity index (χ2v) is 15.4. The Morgan fingerprint density at radius 1 is 1.03 bits per heavy atom. The summed E-state index contributed by atoms with van der Waals surface area (Å²) < 4.78 is 0.809. The van der Waals surface area contributed by atoms with Crippen LogP contribution in [0.4, 0.5) is 5.69 Å². The van der Waals surface area contributed by atoms with Crippen LogP contribution in [0.5, 0.6) is 0 Å². The van der Waals surface area contributed by atoms with Gasteiger partial charge >= 0.3 is 225 Å². The minimum absolute atomic E-state index is 0.156. The fraction of sp³-hybridized carbons (Fsp3) is 0.250. The van der Waals surface area contributed by atoms with Crippen molar-refractivity contribution in [3.8, 4) is 0 Å². The molecular formula is C28H29NNiO4SSi-. The van der Waals surface area contributed by atoms with E-state index in [1.807, 2.05) is 32.3 Å². The Labute approximate surface area is 224 Å². The number of rotatable bonds is 9. The van der Waals surface area contributed by atoms with Gasteiger partial charge in [-0.1, -0.05) is 0 Å². The van der Waals surface area contributed by atoms with Crippen LogP contribution in [0.1, 0.15) is 27.9 Å². The molecule has 0 saturated carbocycles. The molecule has 2 aliphatic rings. The van der Waals surface area contributed by atoms with Gasteiger partial charge in [0.25, 0.3) is 0 Å². The molecule has 4 rings (SSSR count). The van der Waals surface area contributed by atoms with Gasteiger partial charge in [0.2, 0.25) is 0 Å². The van der Waals surface area contributed by atoms with E-state index in [2.05, 4.69) is 41.8 Å². The van der Waals surface area contributed by atoms with Crippen molar-refractivity contribution in [1.29, 1.82) is 0 Å². The number of nitrogens with zero attached hydrogens (tertiary/aromatic N) is 1. The summed E-state index contributed by atoms with van der Waals surface area (Å²) >= 11 is 6.94. The van der Waals surface area contributed by atoms with Crippen molar-refractivity contribution in [3.63, 3.8) is 0 Å². The quantitative estimate of drug-likeness (QED) is 0.346. The number of hydrogen-bond donors (Lipinski definition) is 2. The summed E-state index contributed by atoms with van der Waals surface area (Å²) in [6.07, 6.45) is 6.28. The fourth-order valence-electron chi connectivity index (χ4n) is 4.94. The molecule has 0 aromatic heterocycles. The van der Waals surface area contributed by atoms with Crippen LogP contribution in [-0.4, -0.2) is 60.3 Å². The normalized spacial score (nSPS) is 18.5. The predicted octanol–water partition coefficient (Wildman–Crippen LogP) is 4.51. The zero-order valence-corrected chi connectivity index (χ0v) is 23.3. The molecule has 5 nitrogen and oxygen atoms in total. The summed E-state index contributed by atoms with van der Waals surface area (Å²) in [5.74, 6) is -0.283. The molecule has 1 unspecified atom stereocenters. The Kier molecular flexibility index (Phi) is 7.88. The van der Waals surface area contributed by atoms with Crippen LogP contribution in [0.3, 0.4) is 0 Å². The van der Waals surface area contributed by atoms with E-state index in [-0.39, 0.29) is 12.0 Å². The monoisotopic (exact) mass is 561 g/mol. The van der Waals surface area contributed by atoms with Gasteiger partial charge in [-0.2, -0.15) is 0 Å². The topological polar surface area (TPSA) is 77.8 Å². The van der Waals surface area contributed by atoms with Gasteiger partial charge in [-0.3, -0.25) is 0 Å². The van der Waals surface area contributed by atoms with Crippen molar-refractivity contribution < 1.29 is 34.8 Å². The van der Waals surface area contributed by atoms with Crippen molar-refractivity contribution >= 4 is 52.7 Å². The standard InChI is InChI=1S/C28H29NO4SSi.Ni/c1-29(2)19-12-13-23-25(18-19)35(3,17-16-34-15-14-26(30)31)24-11-7-6-10-22(24)27(23)20-8-4-5-9-21(20)28(32)33;/h4-6,8-13,18H,14-17H2,1-3H3,(H,30,31)(H,32,33);/q-1;. The predicted molar refractivity (Wildman–Crippen MR) is 148 cm³/mol. The maximum atomic E-state index is 12.2. The van der Waals surface area contributed by atoms with Gasteiger partial charge in [-0.15, -0.1) is 0 Å². The molecular weight excluding hydrogens is 533 g/mol. The molecule has 2 N–H and O–H groups in total. The Bertz CT molecular complexity index is 1350. The summed E-state index contributed by atoms with van der Waals surface area (Å²) in [6, 6.07) is 14.6. The van der Waals surface area contributed by atoms with Crippen molar-refractivity contribution in [2.45, 2.75) is 19.0 Å². The number of benzene rings is 2. The summed E-state index contributed by atoms with van der Waals surface area (Å²) in [5, 5.41) is 21.5. The van der Waals surface area contributed by atoms with E-state index in [9.17, 15) is 14.7 Å². The molecule has 0 saturated heterocycles. The van der Waals surface area contributed by atoms with Crippen LogP contribution >= 0.6 is 11.8 Å². The molecule has 2 aromatic rings. The first kappa shape index (κ1) is 26.4.